The molecule has 0 spiro atoms. The van der Waals surface area contributed by atoms with Crippen molar-refractivity contribution in [3.8, 4) is 0 Å². The Morgan fingerprint density at radius 2 is 2.29 bits per heavy atom. The molecule has 0 saturated heterocycles. The van der Waals surface area contributed by atoms with Gasteiger partial charge < -0.3 is 15.0 Å². The smallest absolute Gasteiger partial charge is 0.133 e. The summed E-state index contributed by atoms with van der Waals surface area (Å²) in [6.45, 7) is 3.11. The predicted octanol–water partition coefficient (Wildman–Crippen LogP) is 1.19. The maximum atomic E-state index is 5.04. The van der Waals surface area contributed by atoms with Crippen molar-refractivity contribution in [3.05, 3.63) is 41.9 Å². The molecule has 0 aliphatic heterocycles. The Hall–Kier alpha value is -1.92. The van der Waals surface area contributed by atoms with Crippen LogP contribution in [0.25, 0.3) is 0 Å². The van der Waals surface area contributed by atoms with Crippen molar-refractivity contribution in [2.75, 3.05) is 32.2 Å². The summed E-state index contributed by atoms with van der Waals surface area (Å²) in [4.78, 5) is 6.65. The summed E-state index contributed by atoms with van der Waals surface area (Å²) in [6.07, 6.45) is 5.74. The minimum atomic E-state index is 0.709. The van der Waals surface area contributed by atoms with Gasteiger partial charge in [-0.15, -0.1) is 0 Å². The maximum absolute atomic E-state index is 5.04. The second kappa shape index (κ2) is 7.75. The number of rotatable bonds is 8. The summed E-state index contributed by atoms with van der Waals surface area (Å²) < 4.78 is 6.86. The molecule has 2 aromatic rings. The fourth-order valence-corrected chi connectivity index (χ4v) is 2.21. The zero-order valence-electron chi connectivity index (χ0n) is 12.9. The van der Waals surface area contributed by atoms with Gasteiger partial charge in [-0.05, 0) is 6.07 Å². The molecule has 0 aromatic carbocycles. The van der Waals surface area contributed by atoms with Gasteiger partial charge in [0, 0.05) is 64.4 Å². The molecule has 2 aromatic heterocycles. The first-order chi connectivity index (χ1) is 10.2. The highest BCUT2D eigenvalue weighted by Gasteiger charge is 2.09. The first-order valence-corrected chi connectivity index (χ1v) is 7.03. The van der Waals surface area contributed by atoms with Gasteiger partial charge >= 0.3 is 0 Å². The summed E-state index contributed by atoms with van der Waals surface area (Å²) >= 11 is 0. The summed E-state index contributed by atoms with van der Waals surface area (Å²) in [7, 11) is 5.68. The second-order valence-electron chi connectivity index (χ2n) is 5.03. The van der Waals surface area contributed by atoms with Gasteiger partial charge in [0.2, 0.25) is 0 Å². The number of aromatic nitrogens is 3. The number of hydrogen-bond donors (Lipinski definition) is 1. The molecule has 0 aliphatic rings. The highest BCUT2D eigenvalue weighted by atomic mass is 16.5. The molecule has 114 valence electrons. The van der Waals surface area contributed by atoms with Crippen molar-refractivity contribution in [3.63, 3.8) is 0 Å². The fourth-order valence-electron chi connectivity index (χ4n) is 2.21. The molecule has 0 unspecified atom stereocenters. The van der Waals surface area contributed by atoms with Crippen LogP contribution in [0.5, 0.6) is 0 Å². The molecular weight excluding hydrogens is 266 g/mol. The van der Waals surface area contributed by atoms with Gasteiger partial charge in [0.1, 0.15) is 5.82 Å². The molecule has 0 aliphatic carbocycles. The summed E-state index contributed by atoms with van der Waals surface area (Å²) in [6, 6.07) is 4.07. The van der Waals surface area contributed by atoms with E-state index in [1.165, 1.54) is 11.1 Å². The molecule has 0 saturated carbocycles. The van der Waals surface area contributed by atoms with E-state index in [0.29, 0.717) is 6.61 Å². The van der Waals surface area contributed by atoms with Crippen molar-refractivity contribution in [1.82, 2.24) is 20.1 Å². The van der Waals surface area contributed by atoms with Crippen LogP contribution in [0.2, 0.25) is 0 Å². The maximum Gasteiger partial charge on any atom is 0.133 e. The van der Waals surface area contributed by atoms with Gasteiger partial charge in [-0.2, -0.15) is 5.10 Å². The minimum absolute atomic E-state index is 0.709. The number of anilines is 1. The number of ether oxygens (including phenoxy) is 1. The first-order valence-electron chi connectivity index (χ1n) is 7.03. The van der Waals surface area contributed by atoms with E-state index >= 15 is 0 Å². The van der Waals surface area contributed by atoms with E-state index in [9.17, 15) is 0 Å². The molecule has 0 fully saturated rings. The SMILES string of the molecule is COCCNCc1cccnc1N(C)Cc1cnn(C)c1. The number of methoxy groups -OCH3 is 1. The molecule has 0 radical (unpaired) electrons. The third-order valence-electron chi connectivity index (χ3n) is 3.21. The lowest BCUT2D eigenvalue weighted by Gasteiger charge is -2.20. The highest BCUT2D eigenvalue weighted by molar-refractivity contribution is 5.46. The zero-order valence-corrected chi connectivity index (χ0v) is 12.9. The monoisotopic (exact) mass is 289 g/mol. The lowest BCUT2D eigenvalue weighted by molar-refractivity contribution is 0.199. The van der Waals surface area contributed by atoms with E-state index in [4.69, 9.17) is 4.74 Å². The van der Waals surface area contributed by atoms with E-state index < -0.39 is 0 Å². The van der Waals surface area contributed by atoms with Gasteiger partial charge in [-0.1, -0.05) is 6.07 Å². The van der Waals surface area contributed by atoms with Crippen LogP contribution in [0.15, 0.2) is 30.7 Å². The van der Waals surface area contributed by atoms with E-state index in [-0.39, 0.29) is 0 Å². The number of aryl methyl sites for hydroxylation is 1. The van der Waals surface area contributed by atoms with Crippen LogP contribution < -0.4 is 10.2 Å². The Morgan fingerprint density at radius 1 is 1.43 bits per heavy atom. The van der Waals surface area contributed by atoms with Crippen molar-refractivity contribution < 1.29 is 4.74 Å². The minimum Gasteiger partial charge on any atom is -0.383 e. The van der Waals surface area contributed by atoms with Crippen LogP contribution in [-0.2, 0) is 24.9 Å². The van der Waals surface area contributed by atoms with E-state index in [2.05, 4.69) is 26.4 Å². The Kier molecular flexibility index (Phi) is 5.71. The molecular formula is C15H23N5O. The second-order valence-corrected chi connectivity index (χ2v) is 5.03. The van der Waals surface area contributed by atoms with Gasteiger partial charge in [-0.25, -0.2) is 4.98 Å². The van der Waals surface area contributed by atoms with Gasteiger partial charge in [0.25, 0.3) is 0 Å². The fraction of sp³-hybridized carbons (Fsp3) is 0.467. The summed E-state index contributed by atoms with van der Waals surface area (Å²) in [5.41, 5.74) is 2.35. The van der Waals surface area contributed by atoms with Gasteiger partial charge in [0.15, 0.2) is 0 Å². The van der Waals surface area contributed by atoms with Crippen LogP contribution in [0, 0.1) is 0 Å². The lowest BCUT2D eigenvalue weighted by atomic mass is 10.2. The normalized spacial score (nSPS) is 10.8. The molecule has 6 heteroatoms. The third-order valence-corrected chi connectivity index (χ3v) is 3.21. The average molecular weight is 289 g/mol. The zero-order chi connectivity index (χ0) is 15.1. The number of pyridine rings is 1. The Bertz CT molecular complexity index is 555. The first kappa shape index (κ1) is 15.5. The van der Waals surface area contributed by atoms with Crippen molar-refractivity contribution >= 4 is 5.82 Å². The number of nitrogens with zero attached hydrogens (tertiary/aromatic N) is 4. The number of nitrogens with one attached hydrogen (secondary N) is 1. The lowest BCUT2D eigenvalue weighted by Crippen LogP contribution is -2.23. The van der Waals surface area contributed by atoms with E-state index in [1.54, 1.807) is 7.11 Å². The predicted molar refractivity (Wildman–Crippen MR) is 83.1 cm³/mol. The summed E-state index contributed by atoms with van der Waals surface area (Å²) in [5, 5.41) is 7.56. The topological polar surface area (TPSA) is 55.2 Å². The van der Waals surface area contributed by atoms with Crippen molar-refractivity contribution in [2.24, 2.45) is 7.05 Å². The Labute approximate surface area is 125 Å². The van der Waals surface area contributed by atoms with E-state index in [0.717, 1.165) is 25.5 Å². The largest absolute Gasteiger partial charge is 0.383 e. The standard InChI is InChI=1S/C15H23N5O/c1-19(11-13-9-18-20(2)12-13)15-14(5-4-6-17-15)10-16-7-8-21-3/h4-6,9,12,16H,7-8,10-11H2,1-3H3. The van der Waals surface area contributed by atoms with Gasteiger partial charge in [0.05, 0.1) is 12.8 Å². The van der Waals surface area contributed by atoms with Crippen LogP contribution in [0.1, 0.15) is 11.1 Å². The van der Waals surface area contributed by atoms with E-state index in [1.807, 2.05) is 43.4 Å². The van der Waals surface area contributed by atoms with Crippen LogP contribution in [0.3, 0.4) is 0 Å². The molecule has 0 bridgehead atoms. The quantitative estimate of drug-likeness (QED) is 0.740. The van der Waals surface area contributed by atoms with Gasteiger partial charge in [-0.3, -0.25) is 4.68 Å². The van der Waals surface area contributed by atoms with Crippen LogP contribution in [0.4, 0.5) is 5.82 Å². The molecule has 6 nitrogen and oxygen atoms in total. The number of hydrogen-bond acceptors (Lipinski definition) is 5. The third kappa shape index (κ3) is 4.54. The molecule has 2 heterocycles. The van der Waals surface area contributed by atoms with Crippen molar-refractivity contribution in [2.45, 2.75) is 13.1 Å². The average Bonchev–Trinajstić information content (AvgIpc) is 2.89. The molecule has 2 rings (SSSR count). The molecule has 1 N–H and O–H groups in total. The highest BCUT2D eigenvalue weighted by Crippen LogP contribution is 2.17. The molecule has 21 heavy (non-hydrogen) atoms. The van der Waals surface area contributed by atoms with Crippen LogP contribution in [-0.4, -0.2) is 42.1 Å². The Balaban J connectivity index is 2.00. The van der Waals surface area contributed by atoms with Crippen molar-refractivity contribution in [1.29, 1.82) is 0 Å². The Morgan fingerprint density at radius 3 is 3.00 bits per heavy atom. The van der Waals surface area contributed by atoms with Crippen LogP contribution >= 0.6 is 0 Å². The summed E-state index contributed by atoms with van der Waals surface area (Å²) in [5.74, 6) is 0.992. The molecule has 0 atom stereocenters. The molecule has 0 amide bonds.